The van der Waals surface area contributed by atoms with Crippen LogP contribution in [-0.2, 0) is 14.8 Å². The molecule has 0 bridgehead atoms. The third-order valence-corrected chi connectivity index (χ3v) is 7.74. The lowest BCUT2D eigenvalue weighted by Gasteiger charge is -2.32. The first kappa shape index (κ1) is 26.3. The van der Waals surface area contributed by atoms with E-state index in [1.54, 1.807) is 50.2 Å². The van der Waals surface area contributed by atoms with Crippen molar-refractivity contribution in [2.24, 2.45) is 0 Å². The van der Waals surface area contributed by atoms with Crippen LogP contribution in [0.3, 0.4) is 0 Å². The SMILES string of the molecule is CCOC(=O)c1ccc(NC(=O)c2cc(C)c3c(c2)N(S(=O)(=O)c2cc(Cl)ccc2OC)CCO3)cc1. The Bertz CT molecular complexity index is 1460. The van der Waals surface area contributed by atoms with Crippen LogP contribution < -0.4 is 19.1 Å². The number of methoxy groups -OCH3 is 1. The summed E-state index contributed by atoms with van der Waals surface area (Å²) in [5, 5.41) is 3.01. The number of fused-ring (bicyclic) bond motifs is 1. The number of carbonyl (C=O) groups excluding carboxylic acids is 2. The summed E-state index contributed by atoms with van der Waals surface area (Å²) in [6.07, 6.45) is 0. The lowest BCUT2D eigenvalue weighted by molar-refractivity contribution is 0.0526. The minimum absolute atomic E-state index is 0.0326. The Kier molecular flexibility index (Phi) is 7.60. The van der Waals surface area contributed by atoms with Crippen LogP contribution in [0.5, 0.6) is 11.5 Å². The average Bonchev–Trinajstić information content (AvgIpc) is 2.88. The molecule has 3 aromatic carbocycles. The Hall–Kier alpha value is -3.76. The van der Waals surface area contributed by atoms with Crippen molar-refractivity contribution < 1.29 is 32.2 Å². The summed E-state index contributed by atoms with van der Waals surface area (Å²) < 4.78 is 44.6. The topological polar surface area (TPSA) is 111 Å². The second-order valence-electron chi connectivity index (χ2n) is 8.11. The van der Waals surface area contributed by atoms with Crippen molar-refractivity contribution in [3.8, 4) is 11.5 Å². The van der Waals surface area contributed by atoms with E-state index in [-0.39, 0.29) is 46.7 Å². The van der Waals surface area contributed by atoms with E-state index in [0.29, 0.717) is 22.6 Å². The summed E-state index contributed by atoms with van der Waals surface area (Å²) in [6.45, 7) is 3.88. The molecule has 1 amide bonds. The van der Waals surface area contributed by atoms with E-state index >= 15 is 0 Å². The molecule has 0 radical (unpaired) electrons. The summed E-state index contributed by atoms with van der Waals surface area (Å²) in [6, 6.07) is 13.7. The fourth-order valence-electron chi connectivity index (χ4n) is 3.94. The number of anilines is 2. The minimum atomic E-state index is -4.11. The minimum Gasteiger partial charge on any atom is -0.495 e. The van der Waals surface area contributed by atoms with Crippen LogP contribution in [0.2, 0.25) is 5.02 Å². The predicted molar refractivity (Wildman–Crippen MR) is 140 cm³/mol. The first-order valence-electron chi connectivity index (χ1n) is 11.4. The molecule has 11 heteroatoms. The van der Waals surface area contributed by atoms with Gasteiger partial charge in [0.05, 0.1) is 31.5 Å². The molecule has 0 aromatic heterocycles. The molecule has 1 N–H and O–H groups in total. The van der Waals surface area contributed by atoms with Crippen LogP contribution >= 0.6 is 11.6 Å². The van der Waals surface area contributed by atoms with E-state index in [9.17, 15) is 18.0 Å². The number of halogens is 1. The number of nitrogens with zero attached hydrogens (tertiary/aromatic N) is 1. The van der Waals surface area contributed by atoms with Crippen molar-refractivity contribution in [2.75, 3.05) is 36.5 Å². The number of nitrogens with one attached hydrogen (secondary N) is 1. The number of sulfonamides is 1. The number of amides is 1. The zero-order chi connectivity index (χ0) is 26.7. The monoisotopic (exact) mass is 544 g/mol. The largest absolute Gasteiger partial charge is 0.495 e. The summed E-state index contributed by atoms with van der Waals surface area (Å²) in [5.74, 6) is -0.401. The van der Waals surface area contributed by atoms with E-state index in [0.717, 1.165) is 0 Å². The molecule has 37 heavy (non-hydrogen) atoms. The van der Waals surface area contributed by atoms with Gasteiger partial charge in [-0.2, -0.15) is 0 Å². The van der Waals surface area contributed by atoms with Gasteiger partial charge in [0.15, 0.2) is 0 Å². The van der Waals surface area contributed by atoms with Gasteiger partial charge in [0.2, 0.25) is 0 Å². The molecule has 0 fully saturated rings. The Morgan fingerprint density at radius 2 is 1.81 bits per heavy atom. The smallest absolute Gasteiger partial charge is 0.338 e. The first-order valence-corrected chi connectivity index (χ1v) is 13.2. The molecule has 1 aliphatic rings. The summed E-state index contributed by atoms with van der Waals surface area (Å²) in [5.41, 5.74) is 1.88. The third-order valence-electron chi connectivity index (χ3n) is 5.67. The van der Waals surface area contributed by atoms with Crippen LogP contribution in [-0.4, -0.2) is 47.2 Å². The molecule has 9 nitrogen and oxygen atoms in total. The van der Waals surface area contributed by atoms with Gasteiger partial charge in [-0.25, -0.2) is 13.2 Å². The molecule has 0 saturated heterocycles. The number of aryl methyl sites for hydroxylation is 1. The van der Waals surface area contributed by atoms with Crippen molar-refractivity contribution in [1.29, 1.82) is 0 Å². The van der Waals surface area contributed by atoms with Crippen LogP contribution in [0, 0.1) is 6.92 Å². The molecule has 194 valence electrons. The van der Waals surface area contributed by atoms with Gasteiger partial charge in [-0.1, -0.05) is 11.6 Å². The number of esters is 1. The van der Waals surface area contributed by atoms with E-state index in [1.807, 2.05) is 0 Å². The van der Waals surface area contributed by atoms with Gasteiger partial charge in [-0.3, -0.25) is 9.10 Å². The molecule has 1 heterocycles. The molecule has 0 spiro atoms. The molecule has 0 unspecified atom stereocenters. The summed E-state index contributed by atoms with van der Waals surface area (Å²) >= 11 is 6.09. The Morgan fingerprint density at radius 3 is 2.49 bits per heavy atom. The Morgan fingerprint density at radius 1 is 1.08 bits per heavy atom. The van der Waals surface area contributed by atoms with Crippen molar-refractivity contribution in [1.82, 2.24) is 0 Å². The highest BCUT2D eigenvalue weighted by Crippen LogP contribution is 2.40. The molecule has 0 aliphatic carbocycles. The fourth-order valence-corrected chi connectivity index (χ4v) is 5.80. The zero-order valence-electron chi connectivity index (χ0n) is 20.4. The molecule has 4 rings (SSSR count). The van der Waals surface area contributed by atoms with E-state index in [1.165, 1.54) is 29.6 Å². The average molecular weight is 545 g/mol. The van der Waals surface area contributed by atoms with Gasteiger partial charge < -0.3 is 19.5 Å². The molecule has 0 saturated carbocycles. The number of carbonyl (C=O) groups is 2. The van der Waals surface area contributed by atoms with Crippen molar-refractivity contribution >= 4 is 44.9 Å². The number of hydrogen-bond acceptors (Lipinski definition) is 7. The van der Waals surface area contributed by atoms with Crippen molar-refractivity contribution in [2.45, 2.75) is 18.7 Å². The fraction of sp³-hybridized carbons (Fsp3) is 0.231. The van der Waals surface area contributed by atoms with Gasteiger partial charge in [0.1, 0.15) is 23.0 Å². The molecule has 0 atom stereocenters. The summed E-state index contributed by atoms with van der Waals surface area (Å²) in [4.78, 5) is 24.9. The van der Waals surface area contributed by atoms with Gasteiger partial charge in [0.25, 0.3) is 15.9 Å². The first-order chi connectivity index (χ1) is 17.6. The lowest BCUT2D eigenvalue weighted by Crippen LogP contribution is -2.38. The maximum absolute atomic E-state index is 13.7. The normalized spacial score (nSPS) is 12.8. The van der Waals surface area contributed by atoms with Crippen LogP contribution in [0.15, 0.2) is 59.5 Å². The Labute approximate surface area is 219 Å². The number of ether oxygens (including phenoxy) is 3. The highest BCUT2D eigenvalue weighted by molar-refractivity contribution is 7.93. The number of hydrogen-bond donors (Lipinski definition) is 1. The number of rotatable bonds is 7. The standard InChI is InChI=1S/C26H25ClN2O7S/c1-4-35-26(31)17-5-8-20(9-6-17)28-25(30)18-13-16(2)24-21(14-18)29(11-12-36-24)37(32,33)23-15-19(27)7-10-22(23)34-3/h5-10,13-15H,4,11-12H2,1-3H3,(H,28,30). The Balaban J connectivity index is 1.67. The van der Waals surface area contributed by atoms with Gasteiger partial charge >= 0.3 is 5.97 Å². The van der Waals surface area contributed by atoms with Crippen LogP contribution in [0.4, 0.5) is 11.4 Å². The maximum atomic E-state index is 13.7. The molecule has 3 aromatic rings. The van der Waals surface area contributed by atoms with Gasteiger partial charge in [0, 0.05) is 16.3 Å². The predicted octanol–water partition coefficient (Wildman–Crippen LogP) is 4.67. The molecule has 1 aliphatic heterocycles. The van der Waals surface area contributed by atoms with Crippen molar-refractivity contribution in [3.63, 3.8) is 0 Å². The second-order valence-corrected chi connectivity index (χ2v) is 10.4. The second kappa shape index (κ2) is 10.7. The third kappa shape index (κ3) is 5.35. The van der Waals surface area contributed by atoms with Crippen molar-refractivity contribution in [3.05, 3.63) is 76.3 Å². The van der Waals surface area contributed by atoms with E-state index in [2.05, 4.69) is 5.32 Å². The lowest BCUT2D eigenvalue weighted by atomic mass is 10.1. The van der Waals surface area contributed by atoms with Crippen LogP contribution in [0.25, 0.3) is 0 Å². The number of benzene rings is 3. The molecular weight excluding hydrogens is 520 g/mol. The highest BCUT2D eigenvalue weighted by Gasteiger charge is 2.34. The maximum Gasteiger partial charge on any atom is 0.338 e. The summed E-state index contributed by atoms with van der Waals surface area (Å²) in [7, 11) is -2.73. The zero-order valence-corrected chi connectivity index (χ0v) is 22.0. The highest BCUT2D eigenvalue weighted by atomic mass is 35.5. The van der Waals surface area contributed by atoms with Crippen LogP contribution in [0.1, 0.15) is 33.2 Å². The van der Waals surface area contributed by atoms with E-state index < -0.39 is 21.9 Å². The van der Waals surface area contributed by atoms with Gasteiger partial charge in [-0.15, -0.1) is 0 Å². The molecular formula is C26H25ClN2O7S. The van der Waals surface area contributed by atoms with E-state index in [4.69, 9.17) is 25.8 Å². The van der Waals surface area contributed by atoms with Gasteiger partial charge in [-0.05, 0) is 74.0 Å². The quantitative estimate of drug-likeness (QED) is 0.430.